The Morgan fingerprint density at radius 3 is 2.44 bits per heavy atom. The van der Waals surface area contributed by atoms with Gasteiger partial charge in [0, 0.05) is 0 Å². The highest BCUT2D eigenvalue weighted by Gasteiger charge is 2.45. The summed E-state index contributed by atoms with van der Waals surface area (Å²) in [6.45, 7) is -0.184. The molecule has 1 saturated heterocycles. The number of nitrogens with zero attached hydrogens (tertiary/aromatic N) is 2. The Labute approximate surface area is 91.2 Å². The summed E-state index contributed by atoms with van der Waals surface area (Å²) in [5, 5.41) is 15.8. The minimum Gasteiger partial charge on any atom is -0.478 e. The van der Waals surface area contributed by atoms with Gasteiger partial charge in [0.05, 0.1) is 13.1 Å². The van der Waals surface area contributed by atoms with Crippen molar-refractivity contribution in [3.63, 3.8) is 0 Å². The third-order valence-corrected chi connectivity index (χ3v) is 4.35. The second-order valence-corrected chi connectivity index (χ2v) is 6.00. The van der Waals surface area contributed by atoms with Crippen LogP contribution in [0.4, 0.5) is 0 Å². The molecular formula is C5H10N3O6P2+. The van der Waals surface area contributed by atoms with Crippen molar-refractivity contribution in [1.82, 2.24) is 9.34 Å². The lowest BCUT2D eigenvalue weighted by Gasteiger charge is -2.16. The van der Waals surface area contributed by atoms with Crippen molar-refractivity contribution in [1.29, 1.82) is 5.41 Å². The van der Waals surface area contributed by atoms with Crippen LogP contribution in [0.5, 0.6) is 0 Å². The van der Waals surface area contributed by atoms with Crippen LogP contribution in [0.1, 0.15) is 0 Å². The van der Waals surface area contributed by atoms with Gasteiger partial charge >= 0.3 is 21.7 Å². The van der Waals surface area contributed by atoms with Gasteiger partial charge in [0.2, 0.25) is 5.96 Å². The summed E-state index contributed by atoms with van der Waals surface area (Å²) in [5.74, 6) is -1.89. The van der Waals surface area contributed by atoms with Gasteiger partial charge in [-0.3, -0.25) is 5.41 Å². The van der Waals surface area contributed by atoms with E-state index in [4.69, 9.17) is 20.3 Å². The molecule has 11 heteroatoms. The number of aliphatic carboxylic acids is 1. The first-order valence-corrected chi connectivity index (χ1v) is 7.06. The van der Waals surface area contributed by atoms with E-state index in [9.17, 15) is 13.9 Å². The normalized spacial score (nSPS) is 17.9. The molecule has 1 rings (SSSR count). The second-order valence-electron chi connectivity index (χ2n) is 2.99. The molecule has 1 fully saturated rings. The van der Waals surface area contributed by atoms with E-state index in [1.807, 2.05) is 0 Å². The third-order valence-electron chi connectivity index (χ3n) is 1.87. The highest BCUT2D eigenvalue weighted by Crippen LogP contribution is 2.45. The van der Waals surface area contributed by atoms with Gasteiger partial charge in [-0.25, -0.2) is 14.0 Å². The van der Waals surface area contributed by atoms with Crippen LogP contribution in [0.3, 0.4) is 0 Å². The minimum atomic E-state index is -4.59. The molecule has 90 valence electrons. The highest BCUT2D eigenvalue weighted by molar-refractivity contribution is 7.50. The molecule has 16 heavy (non-hydrogen) atoms. The first kappa shape index (κ1) is 13.1. The lowest BCUT2D eigenvalue weighted by Crippen LogP contribution is -2.27. The predicted octanol–water partition coefficient (Wildman–Crippen LogP) is -0.542. The standard InChI is InChI=1S/C5H9N3O6P2/c6-5-7(15(11)3-4(9)10)1-2-8(5)16(12,13)14/h6H,1-3H2,(H2-,9,10,12,13,14)/p+1. The van der Waals surface area contributed by atoms with E-state index in [1.54, 1.807) is 0 Å². The Hall–Kier alpha value is -1.01. The fraction of sp³-hybridized carbons (Fsp3) is 0.600. The number of rotatable bonds is 4. The molecular weight excluding hydrogens is 260 g/mol. The second kappa shape index (κ2) is 4.47. The summed E-state index contributed by atoms with van der Waals surface area (Å²) in [7, 11) is -6.95. The molecule has 0 aromatic heterocycles. The summed E-state index contributed by atoms with van der Waals surface area (Å²) in [5.41, 5.74) is 0. The highest BCUT2D eigenvalue weighted by atomic mass is 31.2. The first-order chi connectivity index (χ1) is 7.23. The lowest BCUT2D eigenvalue weighted by atomic mass is 10.7. The average molecular weight is 270 g/mol. The molecule has 0 radical (unpaired) electrons. The van der Waals surface area contributed by atoms with E-state index >= 15 is 0 Å². The maximum absolute atomic E-state index is 11.4. The van der Waals surface area contributed by atoms with Crippen LogP contribution in [0, 0.1) is 5.41 Å². The van der Waals surface area contributed by atoms with Crippen molar-refractivity contribution in [2.75, 3.05) is 19.3 Å². The smallest absolute Gasteiger partial charge is 0.477 e. The van der Waals surface area contributed by atoms with Gasteiger partial charge in [-0.15, -0.1) is 4.67 Å². The Bertz CT molecular complexity index is 392. The summed E-state index contributed by atoms with van der Waals surface area (Å²) in [6, 6.07) is 0. The molecule has 0 aliphatic carbocycles. The van der Waals surface area contributed by atoms with E-state index in [-0.39, 0.29) is 13.1 Å². The summed E-state index contributed by atoms with van der Waals surface area (Å²) in [6.07, 6.45) is -0.660. The zero-order chi connectivity index (χ0) is 12.5. The van der Waals surface area contributed by atoms with Gasteiger partial charge in [-0.1, -0.05) is 0 Å². The number of guanidine groups is 1. The first-order valence-electron chi connectivity index (χ1n) is 4.09. The number of carboxylic acids is 1. The van der Waals surface area contributed by atoms with E-state index in [2.05, 4.69) is 0 Å². The topological polar surface area (TPSA) is 142 Å². The van der Waals surface area contributed by atoms with Crippen LogP contribution in [0.25, 0.3) is 0 Å². The predicted molar refractivity (Wildman–Crippen MR) is 53.3 cm³/mol. The van der Waals surface area contributed by atoms with E-state index in [0.29, 0.717) is 4.67 Å². The fourth-order valence-electron chi connectivity index (χ4n) is 1.21. The van der Waals surface area contributed by atoms with E-state index in [0.717, 1.165) is 4.67 Å². The molecule has 4 N–H and O–H groups in total. The Morgan fingerprint density at radius 1 is 1.50 bits per heavy atom. The molecule has 1 aliphatic heterocycles. The third kappa shape index (κ3) is 2.76. The maximum atomic E-state index is 11.4. The Kier molecular flexibility index (Phi) is 3.64. The van der Waals surface area contributed by atoms with Crippen molar-refractivity contribution in [3.8, 4) is 0 Å². The van der Waals surface area contributed by atoms with Crippen LogP contribution in [-0.4, -0.2) is 55.4 Å². The monoisotopic (exact) mass is 270 g/mol. The fourth-order valence-corrected chi connectivity index (χ4v) is 3.02. The van der Waals surface area contributed by atoms with Crippen molar-refractivity contribution in [2.45, 2.75) is 0 Å². The molecule has 0 aromatic carbocycles. The minimum absolute atomic E-state index is 0.0353. The summed E-state index contributed by atoms with van der Waals surface area (Å²) < 4.78 is 23.7. The van der Waals surface area contributed by atoms with E-state index in [1.165, 1.54) is 0 Å². The number of hydrogen-bond acceptors (Lipinski definition) is 4. The zero-order valence-electron chi connectivity index (χ0n) is 7.98. The van der Waals surface area contributed by atoms with Gasteiger partial charge < -0.3 is 14.9 Å². The van der Waals surface area contributed by atoms with Crippen LogP contribution >= 0.6 is 15.7 Å². The lowest BCUT2D eigenvalue weighted by molar-refractivity contribution is -0.134. The number of carbonyl (C=O) groups is 1. The van der Waals surface area contributed by atoms with Crippen LogP contribution in [0.2, 0.25) is 0 Å². The molecule has 9 nitrogen and oxygen atoms in total. The molecule has 1 heterocycles. The summed E-state index contributed by atoms with van der Waals surface area (Å²) in [4.78, 5) is 28.0. The van der Waals surface area contributed by atoms with Gasteiger partial charge in [0.25, 0.3) is 6.16 Å². The number of hydrogen-bond donors (Lipinski definition) is 4. The van der Waals surface area contributed by atoms with E-state index < -0.39 is 33.8 Å². The van der Waals surface area contributed by atoms with Crippen molar-refractivity contribution >= 4 is 27.6 Å². The molecule has 0 saturated carbocycles. The molecule has 1 aliphatic rings. The van der Waals surface area contributed by atoms with Crippen LogP contribution in [0.15, 0.2) is 0 Å². The molecule has 0 bridgehead atoms. The molecule has 0 amide bonds. The molecule has 0 spiro atoms. The molecule has 1 unspecified atom stereocenters. The Morgan fingerprint density at radius 2 is 2.06 bits per heavy atom. The Balaban J connectivity index is 2.75. The SMILES string of the molecule is N=C1N([P+](=O)CC(=O)O)CCN1P(=O)(O)O. The van der Waals surface area contributed by atoms with Gasteiger partial charge in [-0.05, 0) is 4.57 Å². The number of nitrogens with one attached hydrogen (secondary N) is 1. The average Bonchev–Trinajstić information content (AvgIpc) is 2.44. The number of carboxylic acid groups (broad SMARTS) is 1. The van der Waals surface area contributed by atoms with Crippen molar-refractivity contribution < 1.29 is 28.8 Å². The van der Waals surface area contributed by atoms with Gasteiger partial charge in [0.15, 0.2) is 0 Å². The van der Waals surface area contributed by atoms with Crippen molar-refractivity contribution in [3.05, 3.63) is 0 Å². The molecule has 1 atom stereocenters. The molecule has 0 aromatic rings. The van der Waals surface area contributed by atoms with Crippen LogP contribution in [-0.2, 0) is 13.9 Å². The van der Waals surface area contributed by atoms with Gasteiger partial charge in [0.1, 0.15) is 0 Å². The van der Waals surface area contributed by atoms with Crippen LogP contribution < -0.4 is 0 Å². The quantitative estimate of drug-likeness (QED) is 0.499. The van der Waals surface area contributed by atoms with Crippen molar-refractivity contribution in [2.24, 2.45) is 0 Å². The summed E-state index contributed by atoms with van der Waals surface area (Å²) >= 11 is 0. The maximum Gasteiger partial charge on any atom is 0.477 e. The zero-order valence-corrected chi connectivity index (χ0v) is 9.77. The van der Waals surface area contributed by atoms with Gasteiger partial charge in [-0.2, -0.15) is 0 Å². The largest absolute Gasteiger partial charge is 0.478 e.